The lowest BCUT2D eigenvalue weighted by atomic mass is 9.66. The molecule has 0 aromatic heterocycles. The lowest BCUT2D eigenvalue weighted by Gasteiger charge is -2.35. The van der Waals surface area contributed by atoms with Crippen molar-refractivity contribution in [3.8, 4) is 22.6 Å². The van der Waals surface area contributed by atoms with Crippen molar-refractivity contribution >= 4 is 21.5 Å². The molecule has 0 saturated heterocycles. The number of rotatable bonds is 12. The summed E-state index contributed by atoms with van der Waals surface area (Å²) in [6.07, 6.45) is 3.19. The highest BCUT2D eigenvalue weighted by atomic mass is 16.5. The summed E-state index contributed by atoms with van der Waals surface area (Å²) in [5.41, 5.74) is 12.3. The number of aryl methyl sites for hydroxylation is 4. The Bertz CT molecular complexity index is 2010. The molecule has 0 amide bonds. The maximum atomic E-state index is 9.24. The van der Waals surface area contributed by atoms with Crippen LogP contribution in [0.5, 0.6) is 11.5 Å². The first-order chi connectivity index (χ1) is 23.9. The predicted molar refractivity (Wildman–Crippen MR) is 201 cm³/mol. The Morgan fingerprint density at radius 3 is 1.39 bits per heavy atom. The van der Waals surface area contributed by atoms with Gasteiger partial charge in [-0.3, -0.25) is 0 Å². The van der Waals surface area contributed by atoms with Crippen LogP contribution in [0.25, 0.3) is 32.7 Å². The summed E-state index contributed by atoms with van der Waals surface area (Å²) in [4.78, 5) is 0. The number of aliphatic hydroxyl groups excluding tert-OH is 2. The molecule has 4 heteroatoms. The Morgan fingerprint density at radius 2 is 0.980 bits per heavy atom. The highest BCUT2D eigenvalue weighted by Gasteiger charge is 2.46. The first kappa shape index (κ1) is 32.9. The molecule has 4 nitrogen and oxygen atoms in total. The topological polar surface area (TPSA) is 58.9 Å². The van der Waals surface area contributed by atoms with Crippen molar-refractivity contribution in [1.82, 2.24) is 0 Å². The van der Waals surface area contributed by atoms with Gasteiger partial charge in [0.15, 0.2) is 0 Å². The van der Waals surface area contributed by atoms with Gasteiger partial charge >= 0.3 is 0 Å². The average molecular weight is 651 g/mol. The molecule has 0 fully saturated rings. The van der Waals surface area contributed by atoms with Gasteiger partial charge in [0.25, 0.3) is 0 Å². The fourth-order valence-corrected chi connectivity index (χ4v) is 7.82. The zero-order valence-electron chi connectivity index (χ0n) is 29.1. The van der Waals surface area contributed by atoms with E-state index >= 15 is 0 Å². The number of ether oxygens (including phenoxy) is 2. The van der Waals surface area contributed by atoms with Crippen molar-refractivity contribution in [2.45, 2.75) is 58.8 Å². The molecule has 0 spiro atoms. The zero-order valence-corrected chi connectivity index (χ0v) is 29.1. The maximum absolute atomic E-state index is 9.24. The van der Waals surface area contributed by atoms with E-state index in [1.165, 1.54) is 77.2 Å². The smallest absolute Gasteiger partial charge is 0.119 e. The largest absolute Gasteiger partial charge is 0.493 e. The summed E-state index contributed by atoms with van der Waals surface area (Å²) in [6, 6.07) is 36.5. The summed E-state index contributed by atoms with van der Waals surface area (Å²) in [6.45, 7) is 10.1. The Balaban J connectivity index is 1.50. The highest BCUT2D eigenvalue weighted by molar-refractivity contribution is 5.94. The molecular formula is C45H46O4. The molecule has 7 rings (SSSR count). The molecule has 250 valence electrons. The molecule has 2 N–H and O–H groups in total. The molecule has 0 heterocycles. The van der Waals surface area contributed by atoms with E-state index in [1.807, 2.05) is 12.1 Å². The van der Waals surface area contributed by atoms with Crippen LogP contribution in [0.3, 0.4) is 0 Å². The van der Waals surface area contributed by atoms with Gasteiger partial charge in [0.05, 0.1) is 18.6 Å². The molecule has 0 radical (unpaired) electrons. The van der Waals surface area contributed by atoms with Crippen LogP contribution in [0.15, 0.2) is 97.1 Å². The fraction of sp³-hybridized carbons (Fsp3) is 0.289. The molecule has 6 aromatic carbocycles. The zero-order chi connectivity index (χ0) is 34.1. The van der Waals surface area contributed by atoms with Crippen molar-refractivity contribution in [1.29, 1.82) is 0 Å². The highest BCUT2D eigenvalue weighted by Crippen LogP contribution is 2.57. The van der Waals surface area contributed by atoms with Crippen LogP contribution in [0.2, 0.25) is 0 Å². The van der Waals surface area contributed by atoms with Crippen LogP contribution in [0.4, 0.5) is 0 Å². The van der Waals surface area contributed by atoms with E-state index in [0.29, 0.717) is 26.1 Å². The SMILES string of the molecule is CCc1ccc2c(c1)-c1cc(CC)ccc1C2(c1cc(C)c2cc(OCCCO)ccc2c1)c1cc(C)c2cc(OCCCO)ccc2c1. The van der Waals surface area contributed by atoms with Crippen LogP contribution in [-0.2, 0) is 18.3 Å². The fourth-order valence-electron chi connectivity index (χ4n) is 7.82. The predicted octanol–water partition coefficient (Wildman–Crippen LogP) is 9.62. The Morgan fingerprint density at radius 1 is 0.531 bits per heavy atom. The van der Waals surface area contributed by atoms with E-state index in [2.05, 4.69) is 113 Å². The molecule has 0 unspecified atom stereocenters. The van der Waals surface area contributed by atoms with E-state index in [4.69, 9.17) is 9.47 Å². The summed E-state index contributed by atoms with van der Waals surface area (Å²) < 4.78 is 12.0. The quantitative estimate of drug-likeness (QED) is 0.129. The number of aliphatic hydroxyl groups is 2. The van der Waals surface area contributed by atoms with Gasteiger partial charge in [-0.2, -0.15) is 0 Å². The summed E-state index contributed by atoms with van der Waals surface area (Å²) in [5.74, 6) is 1.65. The molecular weight excluding hydrogens is 604 g/mol. The minimum atomic E-state index is -0.534. The van der Waals surface area contributed by atoms with Crippen LogP contribution in [0, 0.1) is 13.8 Å². The van der Waals surface area contributed by atoms with Crippen LogP contribution >= 0.6 is 0 Å². The standard InChI is InChI=1S/C45H46O4/c1-5-31-9-15-43-41(23-31)42-24-32(6-2)10-16-44(42)45(43,35-21-29(3)39-27-37(48-19-7-17-46)13-11-33(39)25-35)36-22-30(4)40-28-38(49-20-8-18-47)14-12-34(40)26-36/h9-16,21-28,46-47H,5-8,17-20H2,1-4H3. The number of benzene rings is 6. The number of hydrogen-bond donors (Lipinski definition) is 2. The van der Waals surface area contributed by atoms with Gasteiger partial charge in [0, 0.05) is 26.1 Å². The van der Waals surface area contributed by atoms with Crippen molar-refractivity contribution in [3.63, 3.8) is 0 Å². The first-order valence-corrected chi connectivity index (χ1v) is 17.8. The van der Waals surface area contributed by atoms with Gasteiger partial charge in [0.2, 0.25) is 0 Å². The number of fused-ring (bicyclic) bond motifs is 5. The third-order valence-electron chi connectivity index (χ3n) is 10.4. The lowest BCUT2D eigenvalue weighted by Crippen LogP contribution is -2.29. The van der Waals surface area contributed by atoms with E-state index in [0.717, 1.165) is 24.3 Å². The molecule has 0 aliphatic heterocycles. The Kier molecular flexibility index (Phi) is 9.19. The van der Waals surface area contributed by atoms with Gasteiger partial charge in [-0.15, -0.1) is 0 Å². The third-order valence-corrected chi connectivity index (χ3v) is 10.4. The monoisotopic (exact) mass is 650 g/mol. The minimum Gasteiger partial charge on any atom is -0.493 e. The second kappa shape index (κ2) is 13.7. The Labute approximate surface area is 290 Å². The van der Waals surface area contributed by atoms with Crippen LogP contribution < -0.4 is 9.47 Å². The van der Waals surface area contributed by atoms with E-state index in [1.54, 1.807) is 0 Å². The molecule has 49 heavy (non-hydrogen) atoms. The second-order valence-corrected chi connectivity index (χ2v) is 13.4. The van der Waals surface area contributed by atoms with Crippen LogP contribution in [-0.4, -0.2) is 36.6 Å². The number of hydrogen-bond acceptors (Lipinski definition) is 4. The first-order valence-electron chi connectivity index (χ1n) is 17.8. The van der Waals surface area contributed by atoms with Gasteiger partial charge < -0.3 is 19.7 Å². The van der Waals surface area contributed by atoms with E-state index in [9.17, 15) is 10.2 Å². The van der Waals surface area contributed by atoms with Crippen molar-refractivity contribution in [2.75, 3.05) is 26.4 Å². The molecule has 0 atom stereocenters. The molecule has 0 bridgehead atoms. The third kappa shape index (κ3) is 5.77. The van der Waals surface area contributed by atoms with E-state index in [-0.39, 0.29) is 13.2 Å². The van der Waals surface area contributed by atoms with Crippen molar-refractivity contribution < 1.29 is 19.7 Å². The Hall–Kier alpha value is -4.64. The molecule has 1 aliphatic carbocycles. The lowest BCUT2D eigenvalue weighted by molar-refractivity contribution is 0.233. The summed E-state index contributed by atoms with van der Waals surface area (Å²) in [7, 11) is 0. The molecule has 6 aromatic rings. The normalized spacial score (nSPS) is 13.1. The van der Waals surface area contributed by atoms with Gasteiger partial charge in [-0.05, 0) is 140 Å². The second-order valence-electron chi connectivity index (χ2n) is 13.4. The van der Waals surface area contributed by atoms with Gasteiger partial charge in [-0.25, -0.2) is 0 Å². The van der Waals surface area contributed by atoms with Crippen LogP contribution in [0.1, 0.15) is 71.2 Å². The van der Waals surface area contributed by atoms with Gasteiger partial charge in [-0.1, -0.05) is 74.5 Å². The van der Waals surface area contributed by atoms with Gasteiger partial charge in [0.1, 0.15) is 11.5 Å². The summed E-state index contributed by atoms with van der Waals surface area (Å²) in [5, 5.41) is 23.2. The average Bonchev–Trinajstić information content (AvgIpc) is 3.41. The maximum Gasteiger partial charge on any atom is 0.119 e. The van der Waals surface area contributed by atoms with E-state index < -0.39 is 5.41 Å². The minimum absolute atomic E-state index is 0.119. The van der Waals surface area contributed by atoms with Crippen molar-refractivity contribution in [3.05, 3.63) is 142 Å². The summed E-state index contributed by atoms with van der Waals surface area (Å²) >= 11 is 0. The molecule has 1 aliphatic rings. The van der Waals surface area contributed by atoms with Crippen molar-refractivity contribution in [2.24, 2.45) is 0 Å². The molecule has 0 saturated carbocycles.